The molecule has 7 heteroatoms. The van der Waals surface area contributed by atoms with Gasteiger partial charge in [-0.05, 0) is 29.3 Å². The van der Waals surface area contributed by atoms with Crippen LogP contribution in [0.5, 0.6) is 0 Å². The Labute approximate surface area is 126 Å². The van der Waals surface area contributed by atoms with Gasteiger partial charge in [0.2, 0.25) is 5.16 Å². The first-order valence-corrected chi connectivity index (χ1v) is 8.07. The minimum Gasteiger partial charge on any atom is -0.387 e. The molecule has 0 aliphatic heterocycles. The SMILES string of the molecule is OC(CSc1nnnn1C1CCCC1)c1ccccc1F. The van der Waals surface area contributed by atoms with Crippen molar-refractivity contribution < 1.29 is 9.50 Å². The van der Waals surface area contributed by atoms with E-state index in [4.69, 9.17) is 0 Å². The third-order valence-corrected chi connectivity index (χ3v) is 4.78. The number of aliphatic hydroxyl groups is 1. The molecule has 0 spiro atoms. The fourth-order valence-corrected chi connectivity index (χ4v) is 3.55. The van der Waals surface area contributed by atoms with Crippen LogP contribution in [0.4, 0.5) is 4.39 Å². The van der Waals surface area contributed by atoms with Gasteiger partial charge >= 0.3 is 0 Å². The zero-order valence-electron chi connectivity index (χ0n) is 11.5. The predicted octanol–water partition coefficient (Wildman–Crippen LogP) is 2.75. The summed E-state index contributed by atoms with van der Waals surface area (Å²) in [7, 11) is 0. The Morgan fingerprint density at radius 3 is 2.86 bits per heavy atom. The number of tetrazole rings is 1. The molecule has 1 unspecified atom stereocenters. The molecular weight excluding hydrogens is 291 g/mol. The summed E-state index contributed by atoms with van der Waals surface area (Å²) in [4.78, 5) is 0. The predicted molar refractivity (Wildman–Crippen MR) is 77.4 cm³/mol. The standard InChI is InChI=1S/C14H17FN4OS/c15-12-8-4-3-7-11(12)13(20)9-21-14-16-17-18-19(14)10-5-1-2-6-10/h3-4,7-8,10,13,20H,1-2,5-6,9H2. The first-order chi connectivity index (χ1) is 10.3. The van der Waals surface area contributed by atoms with Crippen molar-refractivity contribution in [3.05, 3.63) is 35.6 Å². The second-order valence-corrected chi connectivity index (χ2v) is 6.18. The van der Waals surface area contributed by atoms with Crippen LogP contribution in [0, 0.1) is 5.82 Å². The van der Waals surface area contributed by atoms with E-state index in [1.165, 1.54) is 30.7 Å². The lowest BCUT2D eigenvalue weighted by atomic mass is 10.1. The molecule has 0 amide bonds. The van der Waals surface area contributed by atoms with Crippen LogP contribution >= 0.6 is 11.8 Å². The summed E-state index contributed by atoms with van der Waals surface area (Å²) in [5.74, 6) is -0.0606. The van der Waals surface area contributed by atoms with Crippen LogP contribution in [-0.4, -0.2) is 31.1 Å². The maximum Gasteiger partial charge on any atom is 0.209 e. The van der Waals surface area contributed by atoms with E-state index < -0.39 is 6.10 Å². The number of aromatic nitrogens is 4. The quantitative estimate of drug-likeness (QED) is 0.861. The summed E-state index contributed by atoms with van der Waals surface area (Å²) in [6.07, 6.45) is 3.71. The van der Waals surface area contributed by atoms with Crippen LogP contribution in [0.25, 0.3) is 0 Å². The average molecular weight is 308 g/mol. The summed E-state index contributed by atoms with van der Waals surface area (Å²) in [6.45, 7) is 0. The highest BCUT2D eigenvalue weighted by molar-refractivity contribution is 7.99. The maximum atomic E-state index is 13.6. The molecule has 1 atom stereocenters. The molecule has 0 bridgehead atoms. The summed E-state index contributed by atoms with van der Waals surface area (Å²) >= 11 is 1.36. The number of thioether (sulfide) groups is 1. The van der Waals surface area contributed by atoms with E-state index in [0.29, 0.717) is 22.5 Å². The molecule has 21 heavy (non-hydrogen) atoms. The first-order valence-electron chi connectivity index (χ1n) is 7.09. The molecule has 2 aromatic rings. The normalized spacial score (nSPS) is 17.2. The van der Waals surface area contributed by atoms with Crippen molar-refractivity contribution in [3.63, 3.8) is 0 Å². The lowest BCUT2D eigenvalue weighted by molar-refractivity contribution is 0.199. The van der Waals surface area contributed by atoms with Crippen molar-refractivity contribution in [2.24, 2.45) is 0 Å². The van der Waals surface area contributed by atoms with Gasteiger partial charge in [-0.3, -0.25) is 0 Å². The molecule has 1 aromatic heterocycles. The number of benzene rings is 1. The molecule has 1 N–H and O–H groups in total. The number of aliphatic hydroxyl groups excluding tert-OH is 1. The zero-order valence-corrected chi connectivity index (χ0v) is 12.3. The lowest BCUT2D eigenvalue weighted by Crippen LogP contribution is -2.10. The van der Waals surface area contributed by atoms with Gasteiger partial charge in [0.25, 0.3) is 0 Å². The Balaban J connectivity index is 1.65. The van der Waals surface area contributed by atoms with Gasteiger partial charge in [-0.1, -0.05) is 42.8 Å². The molecule has 3 rings (SSSR count). The largest absolute Gasteiger partial charge is 0.387 e. The summed E-state index contributed by atoms with van der Waals surface area (Å²) in [5.41, 5.74) is 0.310. The van der Waals surface area contributed by atoms with Crippen molar-refractivity contribution >= 4 is 11.8 Å². The molecular formula is C14H17FN4OS. The maximum absolute atomic E-state index is 13.6. The van der Waals surface area contributed by atoms with Crippen molar-refractivity contribution in [1.29, 1.82) is 0 Å². The van der Waals surface area contributed by atoms with Gasteiger partial charge in [-0.25, -0.2) is 9.07 Å². The monoisotopic (exact) mass is 308 g/mol. The third-order valence-electron chi connectivity index (χ3n) is 3.77. The van der Waals surface area contributed by atoms with Crippen LogP contribution in [0.2, 0.25) is 0 Å². The summed E-state index contributed by atoms with van der Waals surface area (Å²) in [6, 6.07) is 6.63. The van der Waals surface area contributed by atoms with E-state index >= 15 is 0 Å². The number of halogens is 1. The minimum atomic E-state index is -0.870. The lowest BCUT2D eigenvalue weighted by Gasteiger charge is -2.13. The van der Waals surface area contributed by atoms with E-state index in [1.807, 2.05) is 4.68 Å². The van der Waals surface area contributed by atoms with E-state index in [1.54, 1.807) is 18.2 Å². The van der Waals surface area contributed by atoms with E-state index in [-0.39, 0.29) is 5.82 Å². The number of hydrogen-bond donors (Lipinski definition) is 1. The Bertz CT molecular complexity index is 600. The second kappa shape index (κ2) is 6.53. The molecule has 1 aliphatic rings. The Morgan fingerprint density at radius 1 is 1.33 bits per heavy atom. The Morgan fingerprint density at radius 2 is 2.10 bits per heavy atom. The van der Waals surface area contributed by atoms with E-state index in [2.05, 4.69) is 15.5 Å². The fourth-order valence-electron chi connectivity index (χ4n) is 2.65. The molecule has 1 aliphatic carbocycles. The van der Waals surface area contributed by atoms with E-state index in [9.17, 15) is 9.50 Å². The van der Waals surface area contributed by atoms with Crippen molar-refractivity contribution in [3.8, 4) is 0 Å². The van der Waals surface area contributed by atoms with E-state index in [0.717, 1.165) is 12.8 Å². The molecule has 0 saturated heterocycles. The highest BCUT2D eigenvalue weighted by Gasteiger charge is 2.22. The fraction of sp³-hybridized carbons (Fsp3) is 0.500. The highest BCUT2D eigenvalue weighted by atomic mass is 32.2. The van der Waals surface area contributed by atoms with Crippen LogP contribution in [-0.2, 0) is 0 Å². The van der Waals surface area contributed by atoms with Crippen LogP contribution < -0.4 is 0 Å². The second-order valence-electron chi connectivity index (χ2n) is 5.19. The van der Waals surface area contributed by atoms with Crippen molar-refractivity contribution in [1.82, 2.24) is 20.2 Å². The van der Waals surface area contributed by atoms with Gasteiger partial charge in [-0.15, -0.1) is 5.10 Å². The van der Waals surface area contributed by atoms with Gasteiger partial charge in [-0.2, -0.15) is 0 Å². The average Bonchev–Trinajstić information content (AvgIpc) is 3.16. The first kappa shape index (κ1) is 14.5. The van der Waals surface area contributed by atoms with Gasteiger partial charge in [0.15, 0.2) is 0 Å². The third kappa shape index (κ3) is 3.24. The number of rotatable bonds is 5. The summed E-state index contributed by atoms with van der Waals surface area (Å²) < 4.78 is 15.5. The molecule has 5 nitrogen and oxygen atoms in total. The molecule has 1 saturated carbocycles. The van der Waals surface area contributed by atoms with Crippen LogP contribution in [0.3, 0.4) is 0 Å². The topological polar surface area (TPSA) is 63.8 Å². The molecule has 1 fully saturated rings. The van der Waals surface area contributed by atoms with Gasteiger partial charge in [0, 0.05) is 11.3 Å². The molecule has 1 heterocycles. The molecule has 0 radical (unpaired) electrons. The Kier molecular flexibility index (Phi) is 4.50. The van der Waals surface area contributed by atoms with Gasteiger partial charge < -0.3 is 5.11 Å². The molecule has 112 valence electrons. The zero-order chi connectivity index (χ0) is 14.7. The smallest absolute Gasteiger partial charge is 0.209 e. The molecule has 1 aromatic carbocycles. The van der Waals surface area contributed by atoms with Crippen LogP contribution in [0.15, 0.2) is 29.4 Å². The number of nitrogens with zero attached hydrogens (tertiary/aromatic N) is 4. The van der Waals surface area contributed by atoms with Gasteiger partial charge in [0.1, 0.15) is 5.82 Å². The van der Waals surface area contributed by atoms with Crippen LogP contribution in [0.1, 0.15) is 43.4 Å². The number of hydrogen-bond acceptors (Lipinski definition) is 5. The van der Waals surface area contributed by atoms with Gasteiger partial charge in [0.05, 0.1) is 12.1 Å². The minimum absolute atomic E-state index is 0.310. The Hall–Kier alpha value is -1.47. The highest BCUT2D eigenvalue weighted by Crippen LogP contribution is 2.32. The van der Waals surface area contributed by atoms with Crippen molar-refractivity contribution in [2.75, 3.05) is 5.75 Å². The van der Waals surface area contributed by atoms with Crippen molar-refractivity contribution in [2.45, 2.75) is 43.0 Å². The summed E-state index contributed by atoms with van der Waals surface area (Å²) in [5, 5.41) is 22.6.